The highest BCUT2D eigenvalue weighted by Crippen LogP contribution is 2.27. The zero-order valence-electron chi connectivity index (χ0n) is 14.3. The first-order chi connectivity index (χ1) is 11.4. The van der Waals surface area contributed by atoms with Gasteiger partial charge in [-0.15, -0.1) is 28.3 Å². The highest BCUT2D eigenvalue weighted by Gasteiger charge is 2.14. The van der Waals surface area contributed by atoms with Crippen molar-refractivity contribution >= 4 is 34.0 Å². The van der Waals surface area contributed by atoms with Gasteiger partial charge in [-0.2, -0.15) is 0 Å². The lowest BCUT2D eigenvalue weighted by atomic mass is 10.0. The number of nitro benzene ring substituents is 1. The number of halogens is 1. The molecule has 25 heavy (non-hydrogen) atoms. The summed E-state index contributed by atoms with van der Waals surface area (Å²) in [6.07, 6.45) is 0.696. The molecule has 2 aromatic carbocycles. The van der Waals surface area contributed by atoms with Gasteiger partial charge in [0.15, 0.2) is 0 Å². The minimum atomic E-state index is -0.328. The Morgan fingerprint density at radius 2 is 1.76 bits per heavy atom. The van der Waals surface area contributed by atoms with Crippen LogP contribution in [0.4, 0.5) is 5.69 Å². The van der Waals surface area contributed by atoms with Crippen molar-refractivity contribution < 1.29 is 4.92 Å². The number of rotatable bonds is 4. The molecular weight excluding hydrogens is 400 g/mol. The molecule has 0 aliphatic carbocycles. The first kappa shape index (κ1) is 19.3. The van der Waals surface area contributed by atoms with Crippen LogP contribution in [0, 0.1) is 30.9 Å². The summed E-state index contributed by atoms with van der Waals surface area (Å²) in [5, 5.41) is 14.1. The van der Waals surface area contributed by atoms with Crippen LogP contribution in [0.1, 0.15) is 27.3 Å². The Balaban J connectivity index is 0.00000225. The molecule has 1 heterocycles. The maximum atomic E-state index is 11.0. The molecule has 130 valence electrons. The van der Waals surface area contributed by atoms with Crippen molar-refractivity contribution in [3.8, 4) is 11.3 Å². The van der Waals surface area contributed by atoms with Crippen LogP contribution in [0.5, 0.6) is 0 Å². The van der Waals surface area contributed by atoms with Gasteiger partial charge < -0.3 is 0 Å². The quantitative estimate of drug-likeness (QED) is 0.396. The molecule has 3 rings (SSSR count). The molecule has 0 bridgehead atoms. The third-order valence-electron chi connectivity index (χ3n) is 4.09. The summed E-state index contributed by atoms with van der Waals surface area (Å²) in [5.41, 5.74) is 6.20. The second-order valence-corrected chi connectivity index (χ2v) is 6.93. The number of hydrogen-bond donors (Lipinski definition) is 0. The van der Waals surface area contributed by atoms with E-state index in [2.05, 4.69) is 36.6 Å². The van der Waals surface area contributed by atoms with Crippen LogP contribution in [-0.4, -0.2) is 9.91 Å². The molecule has 0 amide bonds. The number of aryl methyl sites for hydroxylation is 3. The van der Waals surface area contributed by atoms with Gasteiger partial charge in [-0.05, 0) is 38.0 Å². The van der Waals surface area contributed by atoms with Gasteiger partial charge in [0.1, 0.15) is 0 Å². The number of benzene rings is 2. The Hall–Kier alpha value is -2.05. The number of thiazole rings is 1. The van der Waals surface area contributed by atoms with Crippen LogP contribution >= 0.6 is 28.3 Å². The minimum Gasteiger partial charge on any atom is -0.258 e. The molecule has 3 aromatic rings. The van der Waals surface area contributed by atoms with Crippen LogP contribution in [0.2, 0.25) is 0 Å². The standard InChI is InChI=1S/C19H18N2O2S.BrH/c1-12-4-6-15(7-5-12)17-11-24-19(20-17)10-16-8-14(3)18(21(22)23)9-13(16)2;/h4-9,11H,10H2,1-3H3;1H. The Kier molecular flexibility index (Phi) is 6.08. The molecule has 4 nitrogen and oxygen atoms in total. The van der Waals surface area contributed by atoms with Crippen molar-refractivity contribution in [1.82, 2.24) is 4.98 Å². The Labute approximate surface area is 161 Å². The Morgan fingerprint density at radius 1 is 1.08 bits per heavy atom. The van der Waals surface area contributed by atoms with E-state index in [1.165, 1.54) is 5.56 Å². The summed E-state index contributed by atoms with van der Waals surface area (Å²) in [6, 6.07) is 11.9. The molecular formula is C19H19BrN2O2S. The third kappa shape index (κ3) is 4.32. The van der Waals surface area contributed by atoms with Crippen molar-refractivity contribution in [1.29, 1.82) is 0 Å². The molecule has 0 spiro atoms. The molecule has 0 unspecified atom stereocenters. The van der Waals surface area contributed by atoms with E-state index in [0.717, 1.165) is 27.4 Å². The average Bonchev–Trinajstić information content (AvgIpc) is 2.99. The maximum absolute atomic E-state index is 11.0. The average molecular weight is 419 g/mol. The normalized spacial score (nSPS) is 10.4. The fourth-order valence-corrected chi connectivity index (χ4v) is 3.49. The lowest BCUT2D eigenvalue weighted by Crippen LogP contribution is -1.97. The topological polar surface area (TPSA) is 56.0 Å². The fraction of sp³-hybridized carbons (Fsp3) is 0.211. The zero-order chi connectivity index (χ0) is 17.3. The van der Waals surface area contributed by atoms with Gasteiger partial charge in [0.2, 0.25) is 0 Å². The predicted octanol–water partition coefficient (Wildman–Crippen LogP) is 5.81. The molecule has 6 heteroatoms. The van der Waals surface area contributed by atoms with E-state index in [-0.39, 0.29) is 27.6 Å². The van der Waals surface area contributed by atoms with Crippen molar-refractivity contribution in [3.05, 3.63) is 79.2 Å². The molecule has 0 saturated heterocycles. The Morgan fingerprint density at radius 3 is 2.40 bits per heavy atom. The summed E-state index contributed by atoms with van der Waals surface area (Å²) < 4.78 is 0. The van der Waals surface area contributed by atoms with Gasteiger partial charge in [0.25, 0.3) is 5.69 Å². The van der Waals surface area contributed by atoms with E-state index in [9.17, 15) is 10.1 Å². The van der Waals surface area contributed by atoms with Crippen LogP contribution in [-0.2, 0) is 6.42 Å². The van der Waals surface area contributed by atoms with E-state index in [1.807, 2.05) is 13.0 Å². The third-order valence-corrected chi connectivity index (χ3v) is 4.94. The number of aromatic nitrogens is 1. The van der Waals surface area contributed by atoms with Gasteiger partial charge in [0.05, 0.1) is 15.6 Å². The molecule has 0 aliphatic rings. The smallest absolute Gasteiger partial charge is 0.258 e. The van der Waals surface area contributed by atoms with Gasteiger partial charge in [0, 0.05) is 29.0 Å². The van der Waals surface area contributed by atoms with Gasteiger partial charge >= 0.3 is 0 Å². The SMILES string of the molecule is Br.Cc1ccc(-c2csc(Cc3cc(C)c([N+](=O)[O-])cc3C)n2)cc1. The van der Waals surface area contributed by atoms with Crippen LogP contribution in [0.3, 0.4) is 0 Å². The summed E-state index contributed by atoms with van der Waals surface area (Å²) in [7, 11) is 0. The Bertz CT molecular complexity index is 904. The molecule has 0 fully saturated rings. The molecule has 0 saturated carbocycles. The van der Waals surface area contributed by atoms with Gasteiger partial charge in [-0.25, -0.2) is 4.98 Å². The lowest BCUT2D eigenvalue weighted by molar-refractivity contribution is -0.385. The highest BCUT2D eigenvalue weighted by molar-refractivity contribution is 8.93. The van der Waals surface area contributed by atoms with E-state index in [4.69, 9.17) is 4.98 Å². The summed E-state index contributed by atoms with van der Waals surface area (Å²) in [4.78, 5) is 15.4. The van der Waals surface area contributed by atoms with Crippen molar-refractivity contribution in [2.45, 2.75) is 27.2 Å². The monoisotopic (exact) mass is 418 g/mol. The maximum Gasteiger partial charge on any atom is 0.272 e. The molecule has 0 atom stereocenters. The second-order valence-electron chi connectivity index (χ2n) is 5.99. The first-order valence-corrected chi connectivity index (χ1v) is 8.58. The van der Waals surface area contributed by atoms with Crippen molar-refractivity contribution in [3.63, 3.8) is 0 Å². The van der Waals surface area contributed by atoms with E-state index >= 15 is 0 Å². The summed E-state index contributed by atoms with van der Waals surface area (Å²) >= 11 is 1.62. The van der Waals surface area contributed by atoms with Crippen molar-refractivity contribution in [2.75, 3.05) is 0 Å². The number of nitrogens with zero attached hydrogens (tertiary/aromatic N) is 2. The number of nitro groups is 1. The van der Waals surface area contributed by atoms with Crippen LogP contribution in [0.25, 0.3) is 11.3 Å². The van der Waals surface area contributed by atoms with Crippen LogP contribution < -0.4 is 0 Å². The van der Waals surface area contributed by atoms with Crippen molar-refractivity contribution in [2.24, 2.45) is 0 Å². The van der Waals surface area contributed by atoms with E-state index in [1.54, 1.807) is 24.3 Å². The summed E-state index contributed by atoms with van der Waals surface area (Å²) in [6.45, 7) is 5.76. The number of hydrogen-bond acceptors (Lipinski definition) is 4. The zero-order valence-corrected chi connectivity index (χ0v) is 16.8. The minimum absolute atomic E-state index is 0. The molecule has 0 N–H and O–H groups in total. The van der Waals surface area contributed by atoms with E-state index in [0.29, 0.717) is 12.0 Å². The van der Waals surface area contributed by atoms with E-state index < -0.39 is 0 Å². The first-order valence-electron chi connectivity index (χ1n) is 7.70. The summed E-state index contributed by atoms with van der Waals surface area (Å²) in [5.74, 6) is 0. The van der Waals surface area contributed by atoms with Gasteiger partial charge in [-0.1, -0.05) is 29.8 Å². The molecule has 0 aliphatic heterocycles. The lowest BCUT2D eigenvalue weighted by Gasteiger charge is -2.06. The fourth-order valence-electron chi connectivity index (χ4n) is 2.66. The molecule has 0 radical (unpaired) electrons. The largest absolute Gasteiger partial charge is 0.272 e. The van der Waals surface area contributed by atoms with Crippen LogP contribution in [0.15, 0.2) is 41.8 Å². The molecule has 1 aromatic heterocycles. The second kappa shape index (κ2) is 7.89. The predicted molar refractivity (Wildman–Crippen MR) is 108 cm³/mol. The van der Waals surface area contributed by atoms with Gasteiger partial charge in [-0.3, -0.25) is 10.1 Å². The highest BCUT2D eigenvalue weighted by atomic mass is 79.9.